The summed E-state index contributed by atoms with van der Waals surface area (Å²) in [6.07, 6.45) is 1.45. The van der Waals surface area contributed by atoms with Crippen LogP contribution in [0.3, 0.4) is 0 Å². The molecular formula is C13H16N2O3S. The van der Waals surface area contributed by atoms with Crippen molar-refractivity contribution >= 4 is 15.7 Å². The first-order valence-electron chi connectivity index (χ1n) is 6.00. The molecule has 0 fully saturated rings. The van der Waals surface area contributed by atoms with Gasteiger partial charge in [0, 0.05) is 12.1 Å². The van der Waals surface area contributed by atoms with Gasteiger partial charge in [-0.25, -0.2) is 8.42 Å². The number of benzene rings is 1. The molecule has 5 nitrogen and oxygen atoms in total. The summed E-state index contributed by atoms with van der Waals surface area (Å²) in [6, 6.07) is 9.03. The van der Waals surface area contributed by atoms with E-state index in [1.807, 2.05) is 18.2 Å². The number of para-hydroxylation sites is 1. The van der Waals surface area contributed by atoms with E-state index in [4.69, 9.17) is 4.52 Å². The zero-order valence-electron chi connectivity index (χ0n) is 10.9. The van der Waals surface area contributed by atoms with Crippen LogP contribution in [0, 0.1) is 6.92 Å². The Morgan fingerprint density at radius 2 is 1.95 bits per heavy atom. The van der Waals surface area contributed by atoms with E-state index in [-0.39, 0.29) is 5.75 Å². The molecular weight excluding hydrogens is 264 g/mol. The first-order chi connectivity index (χ1) is 9.04. The fraction of sp³-hybridized carbons (Fsp3) is 0.308. The van der Waals surface area contributed by atoms with Gasteiger partial charge >= 0.3 is 0 Å². The first-order valence-corrected chi connectivity index (χ1v) is 7.61. The Morgan fingerprint density at radius 3 is 2.47 bits per heavy atom. The van der Waals surface area contributed by atoms with Gasteiger partial charge in [-0.1, -0.05) is 23.4 Å². The van der Waals surface area contributed by atoms with Crippen LogP contribution in [0.1, 0.15) is 18.2 Å². The number of nitrogens with zero attached hydrogens (tertiary/aromatic N) is 2. The maximum absolute atomic E-state index is 12.4. The Labute approximate surface area is 112 Å². The van der Waals surface area contributed by atoms with Crippen molar-refractivity contribution in [2.24, 2.45) is 0 Å². The number of aryl methyl sites for hydroxylation is 1. The Balaban J connectivity index is 2.30. The Morgan fingerprint density at radius 1 is 1.26 bits per heavy atom. The van der Waals surface area contributed by atoms with Crippen molar-refractivity contribution < 1.29 is 12.9 Å². The molecule has 6 heteroatoms. The fourth-order valence-corrected chi connectivity index (χ4v) is 3.45. The van der Waals surface area contributed by atoms with E-state index in [1.54, 1.807) is 26.0 Å². The molecule has 0 radical (unpaired) electrons. The molecule has 0 bridgehead atoms. The number of sulfonamides is 1. The zero-order chi connectivity index (χ0) is 13.9. The molecule has 0 aliphatic rings. The summed E-state index contributed by atoms with van der Waals surface area (Å²) < 4.78 is 31.0. The number of hydrogen-bond acceptors (Lipinski definition) is 4. The smallest absolute Gasteiger partial charge is 0.241 e. The fourth-order valence-electron chi connectivity index (χ4n) is 1.83. The molecule has 0 aliphatic heterocycles. The summed E-state index contributed by atoms with van der Waals surface area (Å²) in [7, 11) is -3.46. The molecule has 0 N–H and O–H groups in total. The maximum Gasteiger partial charge on any atom is 0.241 e. The molecule has 0 unspecified atom stereocenters. The summed E-state index contributed by atoms with van der Waals surface area (Å²) in [5.74, 6) is -0.155. The lowest BCUT2D eigenvalue weighted by Gasteiger charge is -2.22. The largest absolute Gasteiger partial charge is 0.364 e. The minimum atomic E-state index is -3.46. The second-order valence-electron chi connectivity index (χ2n) is 4.20. The molecule has 1 aromatic carbocycles. The van der Waals surface area contributed by atoms with Crippen molar-refractivity contribution in [3.8, 4) is 0 Å². The highest BCUT2D eigenvalue weighted by Gasteiger charge is 2.23. The molecule has 102 valence electrons. The summed E-state index contributed by atoms with van der Waals surface area (Å²) in [5, 5.41) is 3.73. The van der Waals surface area contributed by atoms with E-state index >= 15 is 0 Å². The van der Waals surface area contributed by atoms with Crippen molar-refractivity contribution in [1.82, 2.24) is 5.16 Å². The molecule has 0 atom stereocenters. The van der Waals surface area contributed by atoms with Gasteiger partial charge in [0.2, 0.25) is 10.0 Å². The van der Waals surface area contributed by atoms with Crippen LogP contribution in [0.5, 0.6) is 0 Å². The summed E-state index contributed by atoms with van der Waals surface area (Å²) >= 11 is 0. The van der Waals surface area contributed by atoms with Crippen molar-refractivity contribution in [3.63, 3.8) is 0 Å². The monoisotopic (exact) mass is 280 g/mol. The van der Waals surface area contributed by atoms with Gasteiger partial charge in [-0.15, -0.1) is 0 Å². The average Bonchev–Trinajstić information content (AvgIpc) is 2.76. The number of anilines is 1. The molecule has 0 saturated carbocycles. The van der Waals surface area contributed by atoms with Crippen molar-refractivity contribution in [3.05, 3.63) is 47.9 Å². The highest BCUT2D eigenvalue weighted by molar-refractivity contribution is 7.92. The van der Waals surface area contributed by atoms with Crippen molar-refractivity contribution in [2.75, 3.05) is 10.8 Å². The van der Waals surface area contributed by atoms with Crippen molar-refractivity contribution in [1.29, 1.82) is 0 Å². The summed E-state index contributed by atoms with van der Waals surface area (Å²) in [6.45, 7) is 3.96. The van der Waals surface area contributed by atoms with Gasteiger partial charge in [0.05, 0.1) is 5.69 Å². The van der Waals surface area contributed by atoms with Crippen LogP contribution in [0.2, 0.25) is 0 Å². The topological polar surface area (TPSA) is 63.4 Å². The van der Waals surface area contributed by atoms with E-state index in [0.29, 0.717) is 17.9 Å². The normalized spacial score (nSPS) is 11.5. The van der Waals surface area contributed by atoms with Gasteiger partial charge in [0.15, 0.2) is 0 Å². The molecule has 19 heavy (non-hydrogen) atoms. The lowest BCUT2D eigenvalue weighted by atomic mass is 10.3. The van der Waals surface area contributed by atoms with E-state index in [9.17, 15) is 8.42 Å². The lowest BCUT2D eigenvalue weighted by molar-refractivity contribution is 0.413. The number of rotatable bonds is 5. The van der Waals surface area contributed by atoms with Gasteiger partial charge in [-0.3, -0.25) is 4.31 Å². The molecule has 0 spiro atoms. The number of hydrogen-bond donors (Lipinski definition) is 0. The molecule has 2 aromatic rings. The quantitative estimate of drug-likeness (QED) is 0.843. The Hall–Kier alpha value is -1.82. The summed E-state index contributed by atoms with van der Waals surface area (Å²) in [4.78, 5) is 0. The Bertz CT molecular complexity index is 635. The van der Waals surface area contributed by atoms with Crippen LogP contribution in [0.4, 0.5) is 5.69 Å². The third kappa shape index (κ3) is 2.96. The van der Waals surface area contributed by atoms with Crippen LogP contribution in [0.25, 0.3) is 0 Å². The molecule has 1 aromatic heterocycles. The maximum atomic E-state index is 12.4. The van der Waals surface area contributed by atoms with Gasteiger partial charge in [0.1, 0.15) is 17.7 Å². The van der Waals surface area contributed by atoms with Gasteiger partial charge < -0.3 is 4.52 Å². The summed E-state index contributed by atoms with van der Waals surface area (Å²) in [5.41, 5.74) is 1.85. The van der Waals surface area contributed by atoms with Gasteiger partial charge in [-0.2, -0.15) is 0 Å². The van der Waals surface area contributed by atoms with E-state index in [2.05, 4.69) is 5.16 Å². The molecule has 0 saturated heterocycles. The highest BCUT2D eigenvalue weighted by atomic mass is 32.2. The van der Waals surface area contributed by atoms with E-state index < -0.39 is 10.0 Å². The third-order valence-electron chi connectivity index (χ3n) is 2.83. The minimum absolute atomic E-state index is 0.155. The molecule has 1 heterocycles. The Kier molecular flexibility index (Phi) is 3.90. The predicted molar refractivity (Wildman–Crippen MR) is 73.3 cm³/mol. The highest BCUT2D eigenvalue weighted by Crippen LogP contribution is 2.20. The van der Waals surface area contributed by atoms with Crippen LogP contribution in [0.15, 0.2) is 41.1 Å². The second-order valence-corrected chi connectivity index (χ2v) is 6.09. The zero-order valence-corrected chi connectivity index (χ0v) is 11.7. The standard InChI is InChI=1S/C13H16N2O3S/c1-3-15(12-7-5-4-6-8-12)19(16,17)10-13-11(2)9-18-14-13/h4-9H,3,10H2,1-2H3. The average molecular weight is 280 g/mol. The van der Waals surface area contributed by atoms with Gasteiger partial charge in [-0.05, 0) is 26.0 Å². The minimum Gasteiger partial charge on any atom is -0.364 e. The third-order valence-corrected chi connectivity index (χ3v) is 4.61. The van der Waals surface area contributed by atoms with Gasteiger partial charge in [0.25, 0.3) is 0 Å². The predicted octanol–water partition coefficient (Wildman–Crippen LogP) is 2.34. The van der Waals surface area contributed by atoms with Crippen LogP contribution < -0.4 is 4.31 Å². The second kappa shape index (κ2) is 5.44. The molecule has 0 amide bonds. The lowest BCUT2D eigenvalue weighted by Crippen LogP contribution is -2.32. The van der Waals surface area contributed by atoms with Crippen LogP contribution in [-0.4, -0.2) is 20.1 Å². The SMILES string of the molecule is CCN(c1ccccc1)S(=O)(=O)Cc1nocc1C. The molecule has 2 rings (SSSR count). The number of aromatic nitrogens is 1. The first kappa shape index (κ1) is 13.6. The molecule has 0 aliphatic carbocycles. The van der Waals surface area contributed by atoms with Crippen LogP contribution in [-0.2, 0) is 15.8 Å². The van der Waals surface area contributed by atoms with E-state index in [0.717, 1.165) is 5.56 Å². The van der Waals surface area contributed by atoms with Crippen LogP contribution >= 0.6 is 0 Å². The van der Waals surface area contributed by atoms with Crippen molar-refractivity contribution in [2.45, 2.75) is 19.6 Å². The van der Waals surface area contributed by atoms with E-state index in [1.165, 1.54) is 10.6 Å².